The van der Waals surface area contributed by atoms with Crippen molar-refractivity contribution in [2.75, 3.05) is 20.1 Å². The lowest BCUT2D eigenvalue weighted by Crippen LogP contribution is -2.45. The molecule has 0 spiro atoms. The maximum Gasteiger partial charge on any atom is 0.142 e. The summed E-state index contributed by atoms with van der Waals surface area (Å²) in [4.78, 5) is 13.7. The van der Waals surface area contributed by atoms with E-state index in [0.29, 0.717) is 18.6 Å². The number of terminal acetylenes is 1. The topological polar surface area (TPSA) is 20.3 Å². The smallest absolute Gasteiger partial charge is 0.142 e. The van der Waals surface area contributed by atoms with Crippen molar-refractivity contribution in [3.05, 3.63) is 0 Å². The molecule has 0 aromatic carbocycles. The van der Waals surface area contributed by atoms with Crippen LogP contribution in [0.4, 0.5) is 0 Å². The van der Waals surface area contributed by atoms with Crippen LogP contribution in [-0.2, 0) is 4.79 Å². The van der Waals surface area contributed by atoms with Crippen LogP contribution >= 0.6 is 0 Å². The first kappa shape index (κ1) is 9.28. The van der Waals surface area contributed by atoms with Gasteiger partial charge < -0.3 is 4.90 Å². The van der Waals surface area contributed by atoms with Gasteiger partial charge in [0.25, 0.3) is 0 Å². The Morgan fingerprint density at radius 1 is 1.75 bits per heavy atom. The van der Waals surface area contributed by atoms with E-state index in [9.17, 15) is 4.79 Å². The van der Waals surface area contributed by atoms with E-state index >= 15 is 0 Å². The van der Waals surface area contributed by atoms with Gasteiger partial charge in [0.15, 0.2) is 0 Å². The molecule has 1 unspecified atom stereocenters. The molecule has 12 heavy (non-hydrogen) atoms. The zero-order chi connectivity index (χ0) is 9.19. The first-order valence-corrected chi connectivity index (χ1v) is 4.24. The van der Waals surface area contributed by atoms with E-state index in [-0.39, 0.29) is 5.41 Å². The van der Waals surface area contributed by atoms with Crippen LogP contribution in [0.2, 0.25) is 0 Å². The Bertz CT molecular complexity index is 228. The summed E-state index contributed by atoms with van der Waals surface area (Å²) in [6, 6.07) is 0. The molecule has 0 aromatic rings. The summed E-state index contributed by atoms with van der Waals surface area (Å²) in [5.74, 6) is 2.90. The number of nitrogens with zero attached hydrogens (tertiary/aromatic N) is 1. The van der Waals surface area contributed by atoms with Crippen LogP contribution in [-0.4, -0.2) is 30.8 Å². The monoisotopic (exact) mass is 165 g/mol. The van der Waals surface area contributed by atoms with Gasteiger partial charge in [-0.25, -0.2) is 0 Å². The third-order valence-electron chi connectivity index (χ3n) is 2.50. The molecule has 1 aliphatic rings. The minimum absolute atomic E-state index is 0.290. The molecule has 1 rings (SSSR count). The van der Waals surface area contributed by atoms with Crippen molar-refractivity contribution < 1.29 is 4.79 Å². The third kappa shape index (κ3) is 1.67. The maximum absolute atomic E-state index is 11.5. The zero-order valence-corrected chi connectivity index (χ0v) is 7.76. The predicted octanol–water partition coefficient (Wildman–Crippen LogP) is 0.921. The predicted molar refractivity (Wildman–Crippen MR) is 48.7 cm³/mol. The molecular formula is C10H15NO. The van der Waals surface area contributed by atoms with E-state index < -0.39 is 0 Å². The van der Waals surface area contributed by atoms with E-state index in [1.165, 1.54) is 0 Å². The molecule has 0 aromatic heterocycles. The van der Waals surface area contributed by atoms with E-state index in [0.717, 1.165) is 13.1 Å². The molecule has 1 saturated heterocycles. The molecule has 0 bridgehead atoms. The number of hydrogen-bond acceptors (Lipinski definition) is 2. The van der Waals surface area contributed by atoms with E-state index in [1.807, 2.05) is 14.0 Å². The first-order valence-electron chi connectivity index (χ1n) is 4.24. The van der Waals surface area contributed by atoms with Crippen LogP contribution in [0.15, 0.2) is 0 Å². The fraction of sp³-hybridized carbons (Fsp3) is 0.700. The number of likely N-dealkylation sites (tertiary alicyclic amines) is 1. The molecule has 66 valence electrons. The van der Waals surface area contributed by atoms with Gasteiger partial charge in [-0.15, -0.1) is 12.3 Å². The SMILES string of the molecule is C#CCC1(C)CN(C)CCC1=O. The number of carbonyl (C=O) groups is 1. The molecule has 0 amide bonds. The molecule has 0 N–H and O–H groups in total. The maximum atomic E-state index is 11.5. The molecule has 1 heterocycles. The number of ketones is 1. The summed E-state index contributed by atoms with van der Waals surface area (Å²) < 4.78 is 0. The number of Topliss-reactive ketones (excluding diaryl/α,β-unsaturated/α-hetero) is 1. The molecule has 1 fully saturated rings. The van der Waals surface area contributed by atoms with Gasteiger partial charge in [-0.1, -0.05) is 6.92 Å². The highest BCUT2D eigenvalue weighted by molar-refractivity contribution is 5.85. The Morgan fingerprint density at radius 3 is 3.00 bits per heavy atom. The fourth-order valence-corrected chi connectivity index (χ4v) is 1.74. The third-order valence-corrected chi connectivity index (χ3v) is 2.50. The number of carbonyl (C=O) groups excluding carboxylic acids is 1. The molecule has 1 aliphatic heterocycles. The van der Waals surface area contributed by atoms with Crippen LogP contribution in [0, 0.1) is 17.8 Å². The second-order valence-electron chi connectivity index (χ2n) is 3.85. The molecular weight excluding hydrogens is 150 g/mol. The number of rotatable bonds is 1. The highest BCUT2D eigenvalue weighted by atomic mass is 16.1. The van der Waals surface area contributed by atoms with E-state index in [2.05, 4.69) is 10.8 Å². The molecule has 2 nitrogen and oxygen atoms in total. The number of piperidine rings is 1. The second kappa shape index (κ2) is 3.28. The normalized spacial score (nSPS) is 31.6. The second-order valence-corrected chi connectivity index (χ2v) is 3.85. The lowest BCUT2D eigenvalue weighted by Gasteiger charge is -2.36. The Morgan fingerprint density at radius 2 is 2.42 bits per heavy atom. The Kier molecular flexibility index (Phi) is 2.54. The summed E-state index contributed by atoms with van der Waals surface area (Å²) in [7, 11) is 2.03. The van der Waals surface area contributed by atoms with Crippen LogP contribution < -0.4 is 0 Å². The summed E-state index contributed by atoms with van der Waals surface area (Å²) in [5, 5.41) is 0. The lowest BCUT2D eigenvalue weighted by atomic mass is 9.78. The first-order chi connectivity index (χ1) is 5.58. The molecule has 0 aliphatic carbocycles. The summed E-state index contributed by atoms with van der Waals surface area (Å²) in [6.45, 7) is 3.64. The Balaban J connectivity index is 2.72. The van der Waals surface area contributed by atoms with Gasteiger partial charge in [0.1, 0.15) is 5.78 Å². The van der Waals surface area contributed by atoms with Crippen molar-refractivity contribution in [1.82, 2.24) is 4.90 Å². The minimum Gasteiger partial charge on any atom is -0.305 e. The van der Waals surface area contributed by atoms with Crippen LogP contribution in [0.25, 0.3) is 0 Å². The fourth-order valence-electron chi connectivity index (χ4n) is 1.74. The summed E-state index contributed by atoms with van der Waals surface area (Å²) in [6.07, 6.45) is 6.44. The van der Waals surface area contributed by atoms with Crippen molar-refractivity contribution in [3.8, 4) is 12.3 Å². The van der Waals surface area contributed by atoms with Gasteiger partial charge in [-0.3, -0.25) is 4.79 Å². The Labute approximate surface area is 73.9 Å². The van der Waals surface area contributed by atoms with Crippen molar-refractivity contribution >= 4 is 5.78 Å². The largest absolute Gasteiger partial charge is 0.305 e. The van der Waals surface area contributed by atoms with E-state index in [1.54, 1.807) is 0 Å². The molecule has 0 radical (unpaired) electrons. The van der Waals surface area contributed by atoms with Gasteiger partial charge in [-0.2, -0.15) is 0 Å². The average molecular weight is 165 g/mol. The number of hydrogen-bond donors (Lipinski definition) is 0. The van der Waals surface area contributed by atoms with E-state index in [4.69, 9.17) is 6.42 Å². The zero-order valence-electron chi connectivity index (χ0n) is 7.76. The summed E-state index contributed by atoms with van der Waals surface area (Å²) in [5.41, 5.74) is -0.290. The lowest BCUT2D eigenvalue weighted by molar-refractivity contribution is -0.131. The van der Waals surface area contributed by atoms with Gasteiger partial charge >= 0.3 is 0 Å². The van der Waals surface area contributed by atoms with Crippen LogP contribution in [0.1, 0.15) is 19.8 Å². The highest BCUT2D eigenvalue weighted by Gasteiger charge is 2.36. The quantitative estimate of drug-likeness (QED) is 0.538. The van der Waals surface area contributed by atoms with Crippen molar-refractivity contribution in [2.24, 2.45) is 5.41 Å². The van der Waals surface area contributed by atoms with Crippen LogP contribution in [0.3, 0.4) is 0 Å². The van der Waals surface area contributed by atoms with Gasteiger partial charge in [-0.05, 0) is 7.05 Å². The highest BCUT2D eigenvalue weighted by Crippen LogP contribution is 2.28. The standard InChI is InChI=1S/C10H15NO/c1-4-6-10(2)8-11(3)7-5-9(10)12/h1H,5-8H2,2-3H3. The minimum atomic E-state index is -0.290. The molecule has 2 heteroatoms. The summed E-state index contributed by atoms with van der Waals surface area (Å²) >= 11 is 0. The van der Waals surface area contributed by atoms with Crippen molar-refractivity contribution in [1.29, 1.82) is 0 Å². The van der Waals surface area contributed by atoms with Crippen LogP contribution in [0.5, 0.6) is 0 Å². The molecule has 0 saturated carbocycles. The van der Waals surface area contributed by atoms with Gasteiger partial charge in [0.2, 0.25) is 0 Å². The Hall–Kier alpha value is -0.810. The van der Waals surface area contributed by atoms with Gasteiger partial charge in [0, 0.05) is 31.3 Å². The molecule has 1 atom stereocenters. The average Bonchev–Trinajstić information content (AvgIpc) is 1.98. The van der Waals surface area contributed by atoms with Crippen molar-refractivity contribution in [3.63, 3.8) is 0 Å². The van der Waals surface area contributed by atoms with Gasteiger partial charge in [0.05, 0.1) is 0 Å². The van der Waals surface area contributed by atoms with Crippen molar-refractivity contribution in [2.45, 2.75) is 19.8 Å².